The van der Waals surface area contributed by atoms with E-state index in [1.807, 2.05) is 0 Å². The standard InChI is InChI=1S/C18H15ClF2N4O3/c1-22-17(26)9-4-11(15(21)14(20)5-9)12-6-23-25-7-13(19)18(24-16(12)25)28-10-2-3-27-8-10/h4-7,10H,2-3,8H2,1H3,(H,22,26)/t10-/m0/s1. The Labute approximate surface area is 163 Å². The number of hydrogen-bond acceptors (Lipinski definition) is 5. The zero-order valence-electron chi connectivity index (χ0n) is 14.7. The van der Waals surface area contributed by atoms with Crippen molar-refractivity contribution in [2.75, 3.05) is 20.3 Å². The van der Waals surface area contributed by atoms with Gasteiger partial charge in [-0.2, -0.15) is 10.1 Å². The van der Waals surface area contributed by atoms with E-state index in [2.05, 4.69) is 15.4 Å². The number of carbonyl (C=O) groups excluding carboxylic acids is 1. The molecule has 1 amide bonds. The molecule has 1 aromatic carbocycles. The van der Waals surface area contributed by atoms with Crippen LogP contribution in [0.4, 0.5) is 8.78 Å². The second-order valence-corrected chi connectivity index (χ2v) is 6.63. The van der Waals surface area contributed by atoms with E-state index in [0.717, 1.165) is 6.07 Å². The summed E-state index contributed by atoms with van der Waals surface area (Å²) in [6.07, 6.45) is 3.30. The smallest absolute Gasteiger partial charge is 0.251 e. The summed E-state index contributed by atoms with van der Waals surface area (Å²) in [5.41, 5.74) is 0.250. The van der Waals surface area contributed by atoms with Crippen molar-refractivity contribution in [1.29, 1.82) is 0 Å². The van der Waals surface area contributed by atoms with Gasteiger partial charge in [0, 0.05) is 30.2 Å². The normalized spacial score (nSPS) is 16.5. The van der Waals surface area contributed by atoms with Gasteiger partial charge in [-0.1, -0.05) is 11.6 Å². The molecule has 2 aromatic heterocycles. The van der Waals surface area contributed by atoms with Crippen LogP contribution < -0.4 is 10.1 Å². The van der Waals surface area contributed by atoms with Gasteiger partial charge in [0.1, 0.15) is 11.1 Å². The van der Waals surface area contributed by atoms with Gasteiger partial charge in [-0.3, -0.25) is 4.79 Å². The first-order chi connectivity index (χ1) is 13.5. The molecule has 28 heavy (non-hydrogen) atoms. The Balaban J connectivity index is 1.83. The molecule has 0 saturated carbocycles. The van der Waals surface area contributed by atoms with Crippen molar-refractivity contribution in [2.45, 2.75) is 12.5 Å². The van der Waals surface area contributed by atoms with E-state index < -0.39 is 17.5 Å². The average Bonchev–Trinajstić information content (AvgIpc) is 3.33. The highest BCUT2D eigenvalue weighted by Crippen LogP contribution is 2.32. The first kappa shape index (κ1) is 18.6. The molecule has 1 N–H and O–H groups in total. The lowest BCUT2D eigenvalue weighted by atomic mass is 10.0. The van der Waals surface area contributed by atoms with Crippen LogP contribution >= 0.6 is 11.6 Å². The van der Waals surface area contributed by atoms with Crippen molar-refractivity contribution >= 4 is 23.2 Å². The van der Waals surface area contributed by atoms with Crippen molar-refractivity contribution in [3.05, 3.63) is 46.7 Å². The molecule has 1 aliphatic rings. The molecular formula is C18H15ClF2N4O3. The topological polar surface area (TPSA) is 77.8 Å². The molecule has 0 radical (unpaired) electrons. The van der Waals surface area contributed by atoms with Crippen molar-refractivity contribution in [2.24, 2.45) is 0 Å². The summed E-state index contributed by atoms with van der Waals surface area (Å²) in [7, 11) is 1.40. The highest BCUT2D eigenvalue weighted by atomic mass is 35.5. The number of carbonyl (C=O) groups is 1. The summed E-state index contributed by atoms with van der Waals surface area (Å²) in [4.78, 5) is 16.2. The molecule has 1 saturated heterocycles. The number of nitrogens with zero attached hydrogens (tertiary/aromatic N) is 3. The van der Waals surface area contributed by atoms with Crippen molar-refractivity contribution in [1.82, 2.24) is 19.9 Å². The third-order valence-electron chi connectivity index (χ3n) is 4.39. The third kappa shape index (κ3) is 3.27. The summed E-state index contributed by atoms with van der Waals surface area (Å²) in [6.45, 7) is 1.00. The van der Waals surface area contributed by atoms with Gasteiger partial charge in [0.25, 0.3) is 5.91 Å². The number of aromatic nitrogens is 3. The second kappa shape index (κ2) is 7.33. The first-order valence-electron chi connectivity index (χ1n) is 8.47. The highest BCUT2D eigenvalue weighted by molar-refractivity contribution is 6.31. The molecule has 1 fully saturated rings. The van der Waals surface area contributed by atoms with Crippen LogP contribution in [0, 0.1) is 11.6 Å². The molecule has 0 unspecified atom stereocenters. The van der Waals surface area contributed by atoms with Crippen LogP contribution in [0.15, 0.2) is 24.5 Å². The molecular weight excluding hydrogens is 394 g/mol. The number of benzene rings is 1. The van der Waals surface area contributed by atoms with Crippen LogP contribution in [0.2, 0.25) is 5.02 Å². The summed E-state index contributed by atoms with van der Waals surface area (Å²) < 4.78 is 40.9. The van der Waals surface area contributed by atoms with Crippen LogP contribution in [0.3, 0.4) is 0 Å². The van der Waals surface area contributed by atoms with E-state index >= 15 is 0 Å². The highest BCUT2D eigenvalue weighted by Gasteiger charge is 2.23. The minimum absolute atomic E-state index is 0.0238. The van der Waals surface area contributed by atoms with E-state index in [1.165, 1.54) is 30.0 Å². The largest absolute Gasteiger partial charge is 0.471 e. The fraction of sp³-hybridized carbons (Fsp3) is 0.278. The molecule has 3 heterocycles. The Bertz CT molecular complexity index is 1070. The van der Waals surface area contributed by atoms with E-state index in [4.69, 9.17) is 21.1 Å². The Morgan fingerprint density at radius 2 is 2.21 bits per heavy atom. The fourth-order valence-electron chi connectivity index (χ4n) is 2.97. The van der Waals surface area contributed by atoms with Crippen LogP contribution in [0.5, 0.6) is 5.88 Å². The number of ether oxygens (including phenoxy) is 2. The first-order valence-corrected chi connectivity index (χ1v) is 8.85. The van der Waals surface area contributed by atoms with E-state index in [1.54, 1.807) is 0 Å². The van der Waals surface area contributed by atoms with Crippen LogP contribution in [0.1, 0.15) is 16.8 Å². The fourth-order valence-corrected chi connectivity index (χ4v) is 3.15. The number of halogens is 3. The molecule has 146 valence electrons. The number of rotatable bonds is 4. The van der Waals surface area contributed by atoms with Crippen molar-refractivity contribution < 1.29 is 23.0 Å². The Kier molecular flexibility index (Phi) is 4.86. The molecule has 0 aliphatic carbocycles. The number of hydrogen-bond donors (Lipinski definition) is 1. The molecule has 0 bridgehead atoms. The quantitative estimate of drug-likeness (QED) is 0.718. The predicted octanol–water partition coefficient (Wildman–Crippen LogP) is 2.86. The zero-order chi connectivity index (χ0) is 19.8. The number of nitrogens with one attached hydrogen (secondary N) is 1. The summed E-state index contributed by atoms with van der Waals surface area (Å²) in [5.74, 6) is -2.65. The van der Waals surface area contributed by atoms with Gasteiger partial charge < -0.3 is 14.8 Å². The molecule has 10 heteroatoms. The van der Waals surface area contributed by atoms with Crippen LogP contribution in [-0.4, -0.2) is 46.9 Å². The predicted molar refractivity (Wildman–Crippen MR) is 96.6 cm³/mol. The molecule has 0 spiro atoms. The maximum Gasteiger partial charge on any atom is 0.251 e. The van der Waals surface area contributed by atoms with Gasteiger partial charge in [0.15, 0.2) is 17.3 Å². The molecule has 1 aliphatic heterocycles. The number of amides is 1. The molecule has 3 aromatic rings. The van der Waals surface area contributed by atoms with Crippen molar-refractivity contribution in [3.63, 3.8) is 0 Å². The van der Waals surface area contributed by atoms with Crippen LogP contribution in [0.25, 0.3) is 16.8 Å². The lowest BCUT2D eigenvalue weighted by Gasteiger charge is -2.12. The van der Waals surface area contributed by atoms with E-state index in [0.29, 0.717) is 19.6 Å². The Morgan fingerprint density at radius 3 is 2.93 bits per heavy atom. The van der Waals surface area contributed by atoms with Gasteiger partial charge in [0.05, 0.1) is 25.6 Å². The summed E-state index contributed by atoms with van der Waals surface area (Å²) >= 11 is 6.20. The van der Waals surface area contributed by atoms with Gasteiger partial charge in [0.2, 0.25) is 5.88 Å². The van der Waals surface area contributed by atoms with Crippen LogP contribution in [-0.2, 0) is 4.74 Å². The van der Waals surface area contributed by atoms with E-state index in [-0.39, 0.29) is 39.3 Å². The minimum atomic E-state index is -1.15. The lowest BCUT2D eigenvalue weighted by Crippen LogP contribution is -2.18. The maximum atomic E-state index is 14.5. The maximum absolute atomic E-state index is 14.5. The van der Waals surface area contributed by atoms with Gasteiger partial charge in [-0.05, 0) is 12.1 Å². The second-order valence-electron chi connectivity index (χ2n) is 6.22. The molecule has 7 nitrogen and oxygen atoms in total. The lowest BCUT2D eigenvalue weighted by molar-refractivity contribution is 0.0962. The Morgan fingerprint density at radius 1 is 1.39 bits per heavy atom. The van der Waals surface area contributed by atoms with Gasteiger partial charge in [-0.25, -0.2) is 13.3 Å². The monoisotopic (exact) mass is 408 g/mol. The summed E-state index contributed by atoms with van der Waals surface area (Å²) in [6, 6.07) is 2.08. The van der Waals surface area contributed by atoms with Gasteiger partial charge in [-0.15, -0.1) is 0 Å². The van der Waals surface area contributed by atoms with Gasteiger partial charge >= 0.3 is 0 Å². The third-order valence-corrected chi connectivity index (χ3v) is 4.65. The molecule has 1 atom stereocenters. The van der Waals surface area contributed by atoms with E-state index in [9.17, 15) is 13.6 Å². The SMILES string of the molecule is CNC(=O)c1cc(F)c(F)c(-c2cnn3cc(Cl)c(O[C@H]4CCOC4)nc23)c1. The Hall–Kier alpha value is -2.78. The number of fused-ring (bicyclic) bond motifs is 1. The summed E-state index contributed by atoms with van der Waals surface area (Å²) in [5, 5.41) is 6.70. The molecule has 4 rings (SSSR count). The minimum Gasteiger partial charge on any atom is -0.471 e. The zero-order valence-corrected chi connectivity index (χ0v) is 15.5. The van der Waals surface area contributed by atoms with Crippen molar-refractivity contribution in [3.8, 4) is 17.0 Å². The average molecular weight is 409 g/mol.